The lowest BCUT2D eigenvalue weighted by atomic mass is 10.2. The van der Waals surface area contributed by atoms with Crippen LogP contribution in [0.5, 0.6) is 0 Å². The van der Waals surface area contributed by atoms with Gasteiger partial charge < -0.3 is 10.5 Å². The molecule has 5 heteroatoms. The van der Waals surface area contributed by atoms with Crippen LogP contribution in [0.2, 0.25) is 0 Å². The molecule has 0 aliphatic heterocycles. The molecule has 17 heavy (non-hydrogen) atoms. The summed E-state index contributed by atoms with van der Waals surface area (Å²) in [6.45, 7) is 5.79. The molecule has 0 unspecified atom stereocenters. The summed E-state index contributed by atoms with van der Waals surface area (Å²) < 4.78 is 6.40. The molecule has 1 heterocycles. The number of ether oxygens (including phenoxy) is 1. The summed E-state index contributed by atoms with van der Waals surface area (Å²) >= 11 is 0. The van der Waals surface area contributed by atoms with Crippen LogP contribution < -0.4 is 5.73 Å². The number of carbonyl (C=O) groups excluding carboxylic acids is 2. The van der Waals surface area contributed by atoms with E-state index in [9.17, 15) is 9.59 Å². The van der Waals surface area contributed by atoms with E-state index in [2.05, 4.69) is 0 Å². The van der Waals surface area contributed by atoms with Gasteiger partial charge >= 0.3 is 6.09 Å². The molecule has 5 nitrogen and oxygen atoms in total. The molecule has 1 aromatic heterocycles. The zero-order valence-corrected chi connectivity index (χ0v) is 10.4. The van der Waals surface area contributed by atoms with Crippen LogP contribution in [0.1, 0.15) is 36.8 Å². The molecule has 0 aliphatic carbocycles. The molecule has 0 radical (unpaired) electrons. The normalized spacial score (nSPS) is 11.3. The Morgan fingerprint density at radius 2 is 2.18 bits per heavy atom. The van der Waals surface area contributed by atoms with Gasteiger partial charge in [0.2, 0.25) is 0 Å². The Hall–Kier alpha value is -1.62. The highest BCUT2D eigenvalue weighted by atomic mass is 16.6. The minimum absolute atomic E-state index is 0.280. The maximum absolute atomic E-state index is 11.8. The topological polar surface area (TPSA) is 74.3 Å². The first-order valence-corrected chi connectivity index (χ1v) is 5.47. The van der Waals surface area contributed by atoms with E-state index in [1.165, 1.54) is 4.57 Å². The van der Waals surface area contributed by atoms with Crippen LogP contribution in [0.15, 0.2) is 12.3 Å². The maximum Gasteiger partial charge on any atom is 0.419 e. The number of aromatic nitrogens is 1. The molecule has 0 spiro atoms. The van der Waals surface area contributed by atoms with Crippen molar-refractivity contribution in [1.29, 1.82) is 0 Å². The van der Waals surface area contributed by atoms with Crippen LogP contribution in [0.4, 0.5) is 4.79 Å². The fraction of sp³-hybridized carbons (Fsp3) is 0.500. The second-order valence-corrected chi connectivity index (χ2v) is 4.78. The highest BCUT2D eigenvalue weighted by molar-refractivity contribution is 5.82. The lowest BCUT2D eigenvalue weighted by Crippen LogP contribution is -2.27. The quantitative estimate of drug-likeness (QED) is 0.811. The fourth-order valence-electron chi connectivity index (χ4n) is 1.40. The summed E-state index contributed by atoms with van der Waals surface area (Å²) in [5.41, 5.74) is 5.97. The van der Waals surface area contributed by atoms with Gasteiger partial charge in [0.15, 0.2) is 6.29 Å². The molecule has 0 aliphatic rings. The molecule has 0 saturated heterocycles. The van der Waals surface area contributed by atoms with Crippen molar-refractivity contribution in [3.8, 4) is 0 Å². The second kappa shape index (κ2) is 5.14. The standard InChI is InChI=1S/C12H18N2O3/c1-12(2,3)17-11(16)14-7-9(4-5-13)6-10(14)8-15/h6-8H,4-5,13H2,1-3H3. The summed E-state index contributed by atoms with van der Waals surface area (Å²) in [6, 6.07) is 1.64. The number of nitrogens with two attached hydrogens (primary N) is 1. The van der Waals surface area contributed by atoms with Crippen molar-refractivity contribution >= 4 is 12.4 Å². The number of hydrogen-bond donors (Lipinski definition) is 1. The molecule has 94 valence electrons. The average Bonchev–Trinajstić information content (AvgIpc) is 2.59. The van der Waals surface area contributed by atoms with E-state index in [1.807, 2.05) is 0 Å². The minimum atomic E-state index is -0.588. The molecule has 1 rings (SSSR count). The van der Waals surface area contributed by atoms with Gasteiger partial charge in [0.1, 0.15) is 5.60 Å². The second-order valence-electron chi connectivity index (χ2n) is 4.78. The number of hydrogen-bond acceptors (Lipinski definition) is 4. The van der Waals surface area contributed by atoms with Gasteiger partial charge in [0.05, 0.1) is 5.69 Å². The maximum atomic E-state index is 11.8. The van der Waals surface area contributed by atoms with Gasteiger partial charge in [-0.15, -0.1) is 0 Å². The van der Waals surface area contributed by atoms with E-state index in [4.69, 9.17) is 10.5 Å². The smallest absolute Gasteiger partial charge is 0.419 e. The first kappa shape index (κ1) is 13.4. The van der Waals surface area contributed by atoms with Crippen LogP contribution in [0.25, 0.3) is 0 Å². The first-order chi connectivity index (χ1) is 7.87. The molecule has 0 bridgehead atoms. The van der Waals surface area contributed by atoms with Crippen molar-refractivity contribution < 1.29 is 14.3 Å². The molecule has 0 fully saturated rings. The molecule has 0 aromatic carbocycles. The van der Waals surface area contributed by atoms with Crippen molar-refractivity contribution in [3.05, 3.63) is 23.5 Å². The molecule has 0 atom stereocenters. The van der Waals surface area contributed by atoms with Gasteiger partial charge in [-0.25, -0.2) is 9.36 Å². The Morgan fingerprint density at radius 1 is 1.53 bits per heavy atom. The van der Waals surface area contributed by atoms with Gasteiger partial charge in [-0.3, -0.25) is 4.79 Å². The highest BCUT2D eigenvalue weighted by Gasteiger charge is 2.20. The summed E-state index contributed by atoms with van der Waals surface area (Å²) in [6.07, 6.45) is 2.29. The number of carbonyl (C=O) groups is 2. The highest BCUT2D eigenvalue weighted by Crippen LogP contribution is 2.13. The average molecular weight is 238 g/mol. The summed E-state index contributed by atoms with van der Waals surface area (Å²) in [4.78, 5) is 22.7. The van der Waals surface area contributed by atoms with E-state index in [0.29, 0.717) is 19.3 Å². The van der Waals surface area contributed by atoms with Crippen molar-refractivity contribution in [2.45, 2.75) is 32.8 Å². The largest absolute Gasteiger partial charge is 0.443 e. The zero-order chi connectivity index (χ0) is 13.1. The lowest BCUT2D eigenvalue weighted by molar-refractivity contribution is 0.0531. The lowest BCUT2D eigenvalue weighted by Gasteiger charge is -2.19. The van der Waals surface area contributed by atoms with Gasteiger partial charge in [-0.2, -0.15) is 0 Å². The molecule has 2 N–H and O–H groups in total. The molecule has 0 amide bonds. The van der Waals surface area contributed by atoms with Crippen molar-refractivity contribution in [1.82, 2.24) is 4.57 Å². The van der Waals surface area contributed by atoms with E-state index >= 15 is 0 Å². The molecular weight excluding hydrogens is 220 g/mol. The fourth-order valence-corrected chi connectivity index (χ4v) is 1.40. The van der Waals surface area contributed by atoms with E-state index in [-0.39, 0.29) is 5.69 Å². The number of aldehydes is 1. The van der Waals surface area contributed by atoms with Crippen molar-refractivity contribution in [2.24, 2.45) is 5.73 Å². The summed E-state index contributed by atoms with van der Waals surface area (Å²) in [7, 11) is 0. The zero-order valence-electron chi connectivity index (χ0n) is 10.4. The Morgan fingerprint density at radius 3 is 2.65 bits per heavy atom. The Kier molecular flexibility index (Phi) is 4.07. The first-order valence-electron chi connectivity index (χ1n) is 5.47. The SMILES string of the molecule is CC(C)(C)OC(=O)n1cc(CCN)cc1C=O. The Bertz CT molecular complexity index is 416. The van der Waals surface area contributed by atoms with E-state index in [0.717, 1.165) is 5.56 Å². The molecular formula is C12H18N2O3. The minimum Gasteiger partial charge on any atom is -0.443 e. The van der Waals surface area contributed by atoms with Crippen molar-refractivity contribution in [2.75, 3.05) is 6.54 Å². The Balaban J connectivity index is 2.95. The van der Waals surface area contributed by atoms with Gasteiger partial charge in [-0.05, 0) is 45.4 Å². The summed E-state index contributed by atoms with van der Waals surface area (Å²) in [5.74, 6) is 0. The number of rotatable bonds is 3. The summed E-state index contributed by atoms with van der Waals surface area (Å²) in [5, 5.41) is 0. The predicted octanol–water partition coefficient (Wildman–Crippen LogP) is 1.58. The van der Waals surface area contributed by atoms with Gasteiger partial charge in [0.25, 0.3) is 0 Å². The third-order valence-corrected chi connectivity index (χ3v) is 2.05. The van der Waals surface area contributed by atoms with E-state index < -0.39 is 11.7 Å². The van der Waals surface area contributed by atoms with Crippen LogP contribution in [-0.4, -0.2) is 29.1 Å². The van der Waals surface area contributed by atoms with Crippen LogP contribution in [0, 0.1) is 0 Å². The van der Waals surface area contributed by atoms with Crippen LogP contribution >= 0.6 is 0 Å². The Labute approximate surface area is 101 Å². The van der Waals surface area contributed by atoms with Crippen LogP contribution in [-0.2, 0) is 11.2 Å². The third-order valence-electron chi connectivity index (χ3n) is 2.05. The predicted molar refractivity (Wildman–Crippen MR) is 64.2 cm³/mol. The van der Waals surface area contributed by atoms with Gasteiger partial charge in [0, 0.05) is 6.20 Å². The third kappa shape index (κ3) is 3.71. The molecule has 1 aromatic rings. The van der Waals surface area contributed by atoms with Gasteiger partial charge in [-0.1, -0.05) is 0 Å². The van der Waals surface area contributed by atoms with Crippen LogP contribution in [0.3, 0.4) is 0 Å². The van der Waals surface area contributed by atoms with Crippen molar-refractivity contribution in [3.63, 3.8) is 0 Å². The monoisotopic (exact) mass is 238 g/mol. The molecule has 0 saturated carbocycles. The number of nitrogens with zero attached hydrogens (tertiary/aromatic N) is 1. The van der Waals surface area contributed by atoms with E-state index in [1.54, 1.807) is 33.0 Å².